The molecule has 1 atom stereocenters. The molecule has 3 aromatic rings. The van der Waals surface area contributed by atoms with Crippen LogP contribution in [0.15, 0.2) is 54.6 Å². The van der Waals surface area contributed by atoms with Gasteiger partial charge in [-0.2, -0.15) is 5.10 Å². The van der Waals surface area contributed by atoms with Crippen LogP contribution in [-0.2, 0) is 23.1 Å². The summed E-state index contributed by atoms with van der Waals surface area (Å²) >= 11 is 0. The Balaban J connectivity index is 1.93. The van der Waals surface area contributed by atoms with Crippen LogP contribution in [-0.4, -0.2) is 72.5 Å². The maximum atomic E-state index is 10.6. The van der Waals surface area contributed by atoms with Crippen molar-refractivity contribution in [3.05, 3.63) is 60.2 Å². The lowest BCUT2D eigenvalue weighted by Gasteiger charge is -2.25. The van der Waals surface area contributed by atoms with E-state index >= 15 is 0 Å². The second kappa shape index (κ2) is 13.3. The van der Waals surface area contributed by atoms with E-state index in [0.717, 1.165) is 22.6 Å². The standard InChI is InChI=1S/C27H37N3O5/c1-20(2)34-19-22(31)17-30(15-16-32-4)18-25-26(21-9-7-6-8-10-21)28-29(3)27(25)35-24-13-11-23(33-5)12-14-24/h6-14,20,22,31H,15-19H2,1-5H3/t22-/m1/s1. The minimum atomic E-state index is -0.628. The van der Waals surface area contributed by atoms with Crippen molar-refractivity contribution in [2.24, 2.45) is 7.05 Å². The van der Waals surface area contributed by atoms with Gasteiger partial charge in [-0.25, -0.2) is 4.68 Å². The van der Waals surface area contributed by atoms with Crippen LogP contribution < -0.4 is 9.47 Å². The largest absolute Gasteiger partial charge is 0.497 e. The lowest BCUT2D eigenvalue weighted by atomic mass is 10.1. The van der Waals surface area contributed by atoms with Crippen LogP contribution in [0.5, 0.6) is 17.4 Å². The summed E-state index contributed by atoms with van der Waals surface area (Å²) in [4.78, 5) is 2.14. The van der Waals surface area contributed by atoms with Gasteiger partial charge in [-0.1, -0.05) is 30.3 Å². The van der Waals surface area contributed by atoms with Gasteiger partial charge in [0.05, 0.1) is 38.1 Å². The van der Waals surface area contributed by atoms with Gasteiger partial charge in [0.1, 0.15) is 17.2 Å². The van der Waals surface area contributed by atoms with Crippen molar-refractivity contribution in [2.45, 2.75) is 32.6 Å². The molecule has 1 aromatic heterocycles. The number of rotatable bonds is 14. The van der Waals surface area contributed by atoms with Crippen molar-refractivity contribution in [3.8, 4) is 28.6 Å². The van der Waals surface area contributed by atoms with Gasteiger partial charge < -0.3 is 24.1 Å². The highest BCUT2D eigenvalue weighted by atomic mass is 16.5. The van der Waals surface area contributed by atoms with E-state index in [-0.39, 0.29) is 12.7 Å². The number of benzene rings is 2. The van der Waals surface area contributed by atoms with Crippen LogP contribution in [0.2, 0.25) is 0 Å². The molecule has 0 saturated heterocycles. The van der Waals surface area contributed by atoms with Gasteiger partial charge in [-0.05, 0) is 38.1 Å². The van der Waals surface area contributed by atoms with E-state index in [1.165, 1.54) is 0 Å². The summed E-state index contributed by atoms with van der Waals surface area (Å²) in [6.45, 7) is 6.31. The Morgan fingerprint density at radius 2 is 1.69 bits per heavy atom. The van der Waals surface area contributed by atoms with Crippen LogP contribution >= 0.6 is 0 Å². The van der Waals surface area contributed by atoms with Crippen LogP contribution in [0, 0.1) is 0 Å². The van der Waals surface area contributed by atoms with E-state index in [9.17, 15) is 5.11 Å². The van der Waals surface area contributed by atoms with Gasteiger partial charge in [-0.15, -0.1) is 0 Å². The van der Waals surface area contributed by atoms with Crippen molar-refractivity contribution >= 4 is 0 Å². The molecule has 0 spiro atoms. The van der Waals surface area contributed by atoms with Crippen molar-refractivity contribution in [2.75, 3.05) is 40.5 Å². The second-order valence-electron chi connectivity index (χ2n) is 8.66. The maximum Gasteiger partial charge on any atom is 0.222 e. The van der Waals surface area contributed by atoms with Crippen LogP contribution in [0.3, 0.4) is 0 Å². The molecule has 190 valence electrons. The maximum absolute atomic E-state index is 10.6. The summed E-state index contributed by atoms with van der Waals surface area (Å²) in [5, 5.41) is 15.4. The minimum absolute atomic E-state index is 0.0598. The van der Waals surface area contributed by atoms with Gasteiger partial charge in [-0.3, -0.25) is 4.90 Å². The van der Waals surface area contributed by atoms with Crippen LogP contribution in [0.25, 0.3) is 11.3 Å². The molecule has 8 nitrogen and oxygen atoms in total. The molecule has 0 unspecified atom stereocenters. The fourth-order valence-electron chi connectivity index (χ4n) is 3.74. The van der Waals surface area contributed by atoms with Gasteiger partial charge in [0.25, 0.3) is 0 Å². The summed E-state index contributed by atoms with van der Waals surface area (Å²) in [5.41, 5.74) is 2.77. The zero-order valence-corrected chi connectivity index (χ0v) is 21.3. The predicted molar refractivity (Wildman–Crippen MR) is 136 cm³/mol. The Morgan fingerprint density at radius 1 is 1.00 bits per heavy atom. The van der Waals surface area contributed by atoms with Gasteiger partial charge in [0.15, 0.2) is 0 Å². The molecular formula is C27H37N3O5. The Bertz CT molecular complexity index is 1020. The molecule has 3 rings (SSSR count). The topological polar surface area (TPSA) is 78.2 Å². The summed E-state index contributed by atoms with van der Waals surface area (Å²) in [7, 11) is 5.18. The number of methoxy groups -OCH3 is 2. The molecule has 0 aliphatic heterocycles. The van der Waals surface area contributed by atoms with E-state index < -0.39 is 6.10 Å². The Morgan fingerprint density at radius 3 is 2.31 bits per heavy atom. The number of aromatic nitrogens is 2. The molecule has 2 aromatic carbocycles. The van der Waals surface area contributed by atoms with Crippen molar-refractivity contribution in [1.29, 1.82) is 0 Å². The number of aliphatic hydroxyl groups is 1. The summed E-state index contributed by atoms with van der Waals surface area (Å²) in [5.74, 6) is 2.09. The molecule has 1 N–H and O–H groups in total. The van der Waals surface area contributed by atoms with E-state index in [2.05, 4.69) is 4.90 Å². The summed E-state index contributed by atoms with van der Waals surface area (Å²) < 4.78 is 24.3. The highest BCUT2D eigenvalue weighted by Gasteiger charge is 2.23. The molecule has 0 fully saturated rings. The van der Waals surface area contributed by atoms with Gasteiger partial charge >= 0.3 is 0 Å². The van der Waals surface area contributed by atoms with Crippen LogP contribution in [0.4, 0.5) is 0 Å². The molecular weight excluding hydrogens is 446 g/mol. The van der Waals surface area contributed by atoms with Crippen LogP contribution in [0.1, 0.15) is 19.4 Å². The fourth-order valence-corrected chi connectivity index (χ4v) is 3.74. The van der Waals surface area contributed by atoms with E-state index in [1.807, 2.05) is 75.5 Å². The van der Waals surface area contributed by atoms with Gasteiger partial charge in [0, 0.05) is 39.4 Å². The molecule has 0 amide bonds. The van der Waals surface area contributed by atoms with Crippen molar-refractivity contribution < 1.29 is 24.1 Å². The average molecular weight is 484 g/mol. The SMILES string of the molecule is COCCN(Cc1c(-c2ccccc2)nn(C)c1Oc1ccc(OC)cc1)C[C@@H](O)COC(C)C. The first kappa shape index (κ1) is 26.7. The molecule has 0 saturated carbocycles. The first-order chi connectivity index (χ1) is 16.9. The lowest BCUT2D eigenvalue weighted by molar-refractivity contribution is -0.0121. The Labute approximate surface area is 208 Å². The van der Waals surface area contributed by atoms with E-state index in [0.29, 0.717) is 37.9 Å². The Kier molecular flexibility index (Phi) is 10.1. The first-order valence-electron chi connectivity index (χ1n) is 11.9. The third-order valence-corrected chi connectivity index (χ3v) is 5.49. The smallest absolute Gasteiger partial charge is 0.222 e. The number of aliphatic hydroxyl groups excluding tert-OH is 1. The molecule has 0 aliphatic carbocycles. The van der Waals surface area contributed by atoms with E-state index in [4.69, 9.17) is 24.0 Å². The molecule has 0 radical (unpaired) electrons. The highest BCUT2D eigenvalue weighted by molar-refractivity contribution is 5.65. The first-order valence-corrected chi connectivity index (χ1v) is 11.9. The zero-order valence-electron chi connectivity index (χ0n) is 21.3. The van der Waals surface area contributed by atoms with Gasteiger partial charge in [0.2, 0.25) is 5.88 Å². The molecule has 8 heteroatoms. The quantitative estimate of drug-likeness (QED) is 0.370. The number of aryl methyl sites for hydroxylation is 1. The number of nitrogens with zero attached hydrogens (tertiary/aromatic N) is 3. The number of ether oxygens (including phenoxy) is 4. The molecule has 0 bridgehead atoms. The fraction of sp³-hybridized carbons (Fsp3) is 0.444. The highest BCUT2D eigenvalue weighted by Crippen LogP contribution is 2.34. The molecule has 1 heterocycles. The monoisotopic (exact) mass is 483 g/mol. The Hall–Kier alpha value is -2.91. The van der Waals surface area contributed by atoms with E-state index in [1.54, 1.807) is 18.9 Å². The average Bonchev–Trinajstić information content (AvgIpc) is 3.16. The van der Waals surface area contributed by atoms with Crippen molar-refractivity contribution in [3.63, 3.8) is 0 Å². The third-order valence-electron chi connectivity index (χ3n) is 5.49. The number of hydrogen-bond acceptors (Lipinski definition) is 7. The normalized spacial score (nSPS) is 12.3. The second-order valence-corrected chi connectivity index (χ2v) is 8.66. The summed E-state index contributed by atoms with van der Waals surface area (Å²) in [6.07, 6.45) is -0.568. The molecule has 35 heavy (non-hydrogen) atoms. The van der Waals surface area contributed by atoms with Crippen molar-refractivity contribution in [1.82, 2.24) is 14.7 Å². The minimum Gasteiger partial charge on any atom is -0.497 e. The molecule has 0 aliphatic rings. The zero-order chi connectivity index (χ0) is 25.2. The lowest BCUT2D eigenvalue weighted by Crippen LogP contribution is -2.37. The summed E-state index contributed by atoms with van der Waals surface area (Å²) in [6, 6.07) is 17.5. The third kappa shape index (κ3) is 7.80. The number of hydrogen-bond donors (Lipinski definition) is 1. The predicted octanol–water partition coefficient (Wildman–Crippen LogP) is 4.12.